The van der Waals surface area contributed by atoms with E-state index in [0.29, 0.717) is 25.1 Å². The van der Waals surface area contributed by atoms with Gasteiger partial charge in [0.1, 0.15) is 6.04 Å². The van der Waals surface area contributed by atoms with E-state index in [1.807, 2.05) is 13.1 Å². The molecule has 0 aromatic heterocycles. The van der Waals surface area contributed by atoms with Gasteiger partial charge < -0.3 is 15.6 Å². The lowest BCUT2D eigenvalue weighted by atomic mass is 10.0. The first-order valence-corrected chi connectivity index (χ1v) is 7.32. The third-order valence-electron chi connectivity index (χ3n) is 3.88. The number of nitrogens with zero attached hydrogens (tertiary/aromatic N) is 2. The lowest BCUT2D eigenvalue weighted by Crippen LogP contribution is -2.25. The molecule has 1 aromatic rings. The quantitative estimate of drug-likeness (QED) is 0.713. The Bertz CT molecular complexity index is 560. The second kappa shape index (κ2) is 7.49. The number of benzene rings is 1. The molecule has 1 aromatic carbocycles. The zero-order valence-corrected chi connectivity index (χ0v) is 13.0. The number of carbonyl (C=O) groups excluding carboxylic acids is 1. The van der Waals surface area contributed by atoms with Gasteiger partial charge in [0.2, 0.25) is 5.91 Å². The number of hydrogen-bond donors (Lipinski definition) is 2. The maximum atomic E-state index is 11.3. The highest BCUT2D eigenvalue weighted by atomic mass is 16.5. The number of ether oxygens (including phenoxy) is 1. The first-order chi connectivity index (χ1) is 10.5. The first-order valence-electron chi connectivity index (χ1n) is 7.32. The normalized spacial score (nSPS) is 20.7. The topological polar surface area (TPSA) is 88.1 Å². The third-order valence-corrected chi connectivity index (χ3v) is 3.88. The number of rotatable bonds is 7. The van der Waals surface area contributed by atoms with E-state index in [0.717, 1.165) is 17.7 Å². The number of methoxy groups -OCH3 is 1. The second-order valence-electron chi connectivity index (χ2n) is 5.58. The van der Waals surface area contributed by atoms with Crippen LogP contribution in [0, 0.1) is 0 Å². The average Bonchev–Trinajstić information content (AvgIpc) is 2.80. The number of aliphatic hydroxyl groups excluding tert-OH is 1. The van der Waals surface area contributed by atoms with Crippen molar-refractivity contribution in [3.63, 3.8) is 0 Å². The molecule has 2 atom stereocenters. The number of carbonyl (C=O) groups is 1. The highest BCUT2D eigenvalue weighted by Gasteiger charge is 2.30. The smallest absolute Gasteiger partial charge is 0.248 e. The van der Waals surface area contributed by atoms with Crippen molar-refractivity contribution in [3.8, 4) is 0 Å². The van der Waals surface area contributed by atoms with Gasteiger partial charge in [0.25, 0.3) is 0 Å². The van der Waals surface area contributed by atoms with E-state index in [9.17, 15) is 9.90 Å². The van der Waals surface area contributed by atoms with Crippen molar-refractivity contribution in [2.75, 3.05) is 33.9 Å². The van der Waals surface area contributed by atoms with Crippen molar-refractivity contribution in [1.29, 1.82) is 0 Å². The summed E-state index contributed by atoms with van der Waals surface area (Å²) in [5, 5.41) is 10.2. The third kappa shape index (κ3) is 3.91. The molecule has 0 bridgehead atoms. The molecule has 0 aliphatic heterocycles. The van der Waals surface area contributed by atoms with E-state index in [1.54, 1.807) is 25.5 Å². The Morgan fingerprint density at radius 3 is 3.05 bits per heavy atom. The predicted molar refractivity (Wildman–Crippen MR) is 85.3 cm³/mol. The molecule has 6 nitrogen and oxygen atoms in total. The number of aliphatic hydroxyl groups is 1. The number of likely N-dealkylation sites (N-methyl/N-ethyl adjacent to an activating group) is 1. The molecule has 2 unspecified atom stereocenters. The lowest BCUT2D eigenvalue weighted by molar-refractivity contribution is 0.1000. The van der Waals surface area contributed by atoms with E-state index < -0.39 is 12.0 Å². The molecule has 6 heteroatoms. The highest BCUT2D eigenvalue weighted by molar-refractivity contribution is 5.93. The van der Waals surface area contributed by atoms with E-state index in [-0.39, 0.29) is 6.04 Å². The molecule has 120 valence electrons. The number of primary amides is 1. The van der Waals surface area contributed by atoms with Gasteiger partial charge in [0, 0.05) is 38.4 Å². The number of aliphatic imine (C=N–C) groups is 1. The van der Waals surface area contributed by atoms with Crippen LogP contribution in [-0.4, -0.2) is 62.1 Å². The largest absolute Gasteiger partial charge is 0.390 e. The summed E-state index contributed by atoms with van der Waals surface area (Å²) in [6.07, 6.45) is 1.80. The number of hydrogen-bond acceptors (Lipinski definition) is 5. The summed E-state index contributed by atoms with van der Waals surface area (Å²) in [7, 11) is 3.65. The molecule has 1 amide bonds. The Hall–Kier alpha value is -1.76. The van der Waals surface area contributed by atoms with Gasteiger partial charge in [-0.2, -0.15) is 0 Å². The molecule has 0 spiro atoms. The highest BCUT2D eigenvalue weighted by Crippen LogP contribution is 2.34. The molecule has 3 N–H and O–H groups in total. The molecule has 1 aliphatic carbocycles. The van der Waals surface area contributed by atoms with Crippen LogP contribution in [0.1, 0.15) is 27.5 Å². The van der Waals surface area contributed by atoms with E-state index in [4.69, 9.17) is 10.5 Å². The van der Waals surface area contributed by atoms with Crippen molar-refractivity contribution in [3.05, 3.63) is 34.9 Å². The molecule has 0 radical (unpaired) electrons. The maximum Gasteiger partial charge on any atom is 0.248 e. The van der Waals surface area contributed by atoms with E-state index >= 15 is 0 Å². The van der Waals surface area contributed by atoms with Gasteiger partial charge in [-0.3, -0.25) is 14.7 Å². The molecule has 0 saturated heterocycles. The van der Waals surface area contributed by atoms with E-state index in [2.05, 4.69) is 9.89 Å². The molecular weight excluding hydrogens is 282 g/mol. The van der Waals surface area contributed by atoms with E-state index in [1.165, 1.54) is 0 Å². The van der Waals surface area contributed by atoms with Crippen LogP contribution >= 0.6 is 0 Å². The summed E-state index contributed by atoms with van der Waals surface area (Å²) in [5.74, 6) is -0.466. The molecule has 0 heterocycles. The number of fused-ring (bicyclic) bond motifs is 1. The van der Waals surface area contributed by atoms with Crippen molar-refractivity contribution >= 4 is 12.1 Å². The molecule has 0 fully saturated rings. The zero-order valence-electron chi connectivity index (χ0n) is 13.0. The van der Waals surface area contributed by atoms with Crippen molar-refractivity contribution < 1.29 is 14.6 Å². The summed E-state index contributed by atoms with van der Waals surface area (Å²) in [5.41, 5.74) is 7.67. The van der Waals surface area contributed by atoms with Crippen molar-refractivity contribution in [2.45, 2.75) is 18.6 Å². The van der Waals surface area contributed by atoms with Crippen molar-refractivity contribution in [2.24, 2.45) is 10.7 Å². The Labute approximate surface area is 130 Å². The van der Waals surface area contributed by atoms with Gasteiger partial charge in [-0.15, -0.1) is 0 Å². The average molecular weight is 305 g/mol. The van der Waals surface area contributed by atoms with Gasteiger partial charge in [-0.05, 0) is 30.3 Å². The SMILES string of the molecule is COCCN(C)CC=NC1c2cc(C(N)=O)ccc2CC1O. The van der Waals surface area contributed by atoms with Crippen LogP contribution in [0.2, 0.25) is 0 Å². The van der Waals surface area contributed by atoms with Crippen LogP contribution in [0.15, 0.2) is 23.2 Å². The first kappa shape index (κ1) is 16.6. The summed E-state index contributed by atoms with van der Waals surface area (Å²) >= 11 is 0. The minimum Gasteiger partial charge on any atom is -0.390 e. The Morgan fingerprint density at radius 2 is 2.36 bits per heavy atom. The fourth-order valence-corrected chi connectivity index (χ4v) is 2.57. The minimum absolute atomic E-state index is 0.329. The summed E-state index contributed by atoms with van der Waals surface area (Å²) in [6, 6.07) is 4.95. The molecule has 22 heavy (non-hydrogen) atoms. The summed E-state index contributed by atoms with van der Waals surface area (Å²) < 4.78 is 5.02. The molecular formula is C16H23N3O3. The van der Waals surface area contributed by atoms with Gasteiger partial charge in [0.15, 0.2) is 0 Å². The predicted octanol–water partition coefficient (Wildman–Crippen LogP) is 0.393. The fraction of sp³-hybridized carbons (Fsp3) is 0.500. The second-order valence-corrected chi connectivity index (χ2v) is 5.58. The van der Waals surface area contributed by atoms with Crippen molar-refractivity contribution in [1.82, 2.24) is 4.90 Å². The van der Waals surface area contributed by atoms with Crippen LogP contribution in [0.25, 0.3) is 0 Å². The van der Waals surface area contributed by atoms with Gasteiger partial charge in [-0.1, -0.05) is 6.07 Å². The monoisotopic (exact) mass is 305 g/mol. The van der Waals surface area contributed by atoms with Crippen LogP contribution in [0.3, 0.4) is 0 Å². The Kier molecular flexibility index (Phi) is 5.65. The van der Waals surface area contributed by atoms with Crippen LogP contribution in [0.5, 0.6) is 0 Å². The summed E-state index contributed by atoms with van der Waals surface area (Å²) in [4.78, 5) is 17.9. The number of nitrogens with two attached hydrogens (primary N) is 1. The molecule has 0 saturated carbocycles. The number of amides is 1. The molecule has 2 rings (SSSR count). The Morgan fingerprint density at radius 1 is 1.59 bits per heavy atom. The van der Waals surface area contributed by atoms with Gasteiger partial charge >= 0.3 is 0 Å². The van der Waals surface area contributed by atoms with Crippen LogP contribution < -0.4 is 5.73 Å². The lowest BCUT2D eigenvalue weighted by Gasteiger charge is -2.15. The zero-order chi connectivity index (χ0) is 16.1. The van der Waals surface area contributed by atoms with Gasteiger partial charge in [0.05, 0.1) is 12.7 Å². The van der Waals surface area contributed by atoms with Gasteiger partial charge in [-0.25, -0.2) is 0 Å². The Balaban J connectivity index is 2.06. The van der Waals surface area contributed by atoms with Crippen LogP contribution in [-0.2, 0) is 11.2 Å². The van der Waals surface area contributed by atoms with Crippen LogP contribution in [0.4, 0.5) is 0 Å². The maximum absolute atomic E-state index is 11.3. The molecule has 1 aliphatic rings. The standard InChI is InChI=1S/C16H23N3O3/c1-19(7-8-22-2)6-5-18-15-13-9-12(16(17)21)4-3-11(13)10-14(15)20/h3-5,9,14-15,20H,6-8,10H2,1-2H3,(H2,17,21). The minimum atomic E-state index is -0.557. The summed E-state index contributed by atoms with van der Waals surface area (Å²) in [6.45, 7) is 2.16. The fourth-order valence-electron chi connectivity index (χ4n) is 2.57.